The zero-order valence-electron chi connectivity index (χ0n) is 10.2. The van der Waals surface area contributed by atoms with Crippen LogP contribution < -0.4 is 0 Å². The molecule has 2 aromatic carbocycles. The fraction of sp³-hybridized carbons (Fsp3) is 0. The summed E-state index contributed by atoms with van der Waals surface area (Å²) in [6.07, 6.45) is 1.74. The van der Waals surface area contributed by atoms with E-state index in [0.717, 1.165) is 10.9 Å². The average molecular weight is 489 g/mol. The van der Waals surface area contributed by atoms with Crippen molar-refractivity contribution in [2.45, 2.75) is 0 Å². The molecule has 0 aliphatic carbocycles. The molecule has 3 nitrogen and oxygen atoms in total. The van der Waals surface area contributed by atoms with Gasteiger partial charge < -0.3 is 10.1 Å². The third kappa shape index (κ3) is 2.32. The second-order valence-electron chi connectivity index (χ2n) is 4.37. The maximum Gasteiger partial charge on any atom is 0.195 e. The molecule has 0 atom stereocenters. The molecule has 0 spiro atoms. The van der Waals surface area contributed by atoms with Gasteiger partial charge in [-0.25, -0.2) is 0 Å². The van der Waals surface area contributed by atoms with Crippen LogP contribution in [0.2, 0.25) is 0 Å². The lowest BCUT2D eigenvalue weighted by atomic mass is 10.0. The minimum atomic E-state index is -0.0433. The molecule has 0 saturated heterocycles. The number of H-pyrrole nitrogens is 1. The van der Waals surface area contributed by atoms with Crippen molar-refractivity contribution in [2.75, 3.05) is 0 Å². The fourth-order valence-electron chi connectivity index (χ4n) is 2.11. The van der Waals surface area contributed by atoms with Gasteiger partial charge in [-0.2, -0.15) is 0 Å². The molecule has 3 aromatic rings. The van der Waals surface area contributed by atoms with E-state index in [0.29, 0.717) is 18.3 Å². The Balaban J connectivity index is 2.13. The van der Waals surface area contributed by atoms with Crippen LogP contribution in [0.5, 0.6) is 5.75 Å². The SMILES string of the molecule is O=C(c1cc(I)c(O)c(I)c1)c1c[nH]c2ccccc12. The van der Waals surface area contributed by atoms with Crippen LogP contribution in [0.25, 0.3) is 10.9 Å². The number of carbonyl (C=O) groups is 1. The number of carbonyl (C=O) groups excluding carboxylic acids is 1. The molecule has 0 bridgehead atoms. The van der Waals surface area contributed by atoms with Gasteiger partial charge in [0.1, 0.15) is 5.75 Å². The average Bonchev–Trinajstić information content (AvgIpc) is 2.87. The van der Waals surface area contributed by atoms with E-state index in [2.05, 4.69) is 4.98 Å². The molecule has 0 aliphatic heterocycles. The molecule has 5 heteroatoms. The Hall–Kier alpha value is -1.09. The largest absolute Gasteiger partial charge is 0.506 e. The van der Waals surface area contributed by atoms with Crippen LogP contribution in [0.4, 0.5) is 0 Å². The number of nitrogens with one attached hydrogen (secondary N) is 1. The minimum absolute atomic E-state index is 0.0433. The zero-order valence-corrected chi connectivity index (χ0v) is 14.5. The summed E-state index contributed by atoms with van der Waals surface area (Å²) in [6, 6.07) is 11.1. The number of aromatic hydroxyl groups is 1. The van der Waals surface area contributed by atoms with Crippen LogP contribution in [0, 0.1) is 7.14 Å². The van der Waals surface area contributed by atoms with E-state index >= 15 is 0 Å². The molecule has 100 valence electrons. The molecule has 3 rings (SSSR count). The van der Waals surface area contributed by atoms with Crippen LogP contribution in [0.1, 0.15) is 15.9 Å². The van der Waals surface area contributed by atoms with Crippen molar-refractivity contribution in [1.82, 2.24) is 4.98 Å². The smallest absolute Gasteiger partial charge is 0.195 e. The van der Waals surface area contributed by atoms with E-state index in [-0.39, 0.29) is 11.5 Å². The van der Waals surface area contributed by atoms with Gasteiger partial charge >= 0.3 is 0 Å². The van der Waals surface area contributed by atoms with Crippen molar-refractivity contribution < 1.29 is 9.90 Å². The van der Waals surface area contributed by atoms with Crippen molar-refractivity contribution in [2.24, 2.45) is 0 Å². The number of aromatic nitrogens is 1. The number of phenolic OH excluding ortho intramolecular Hbond substituents is 1. The molecule has 0 saturated carbocycles. The standard InChI is InChI=1S/C15H9I2NO2/c16-11-5-8(6-12(17)15(11)20)14(19)10-7-18-13-4-2-1-3-9(10)13/h1-7,18,20H. The molecule has 1 heterocycles. The van der Waals surface area contributed by atoms with Gasteiger partial charge in [0.15, 0.2) is 5.78 Å². The van der Waals surface area contributed by atoms with E-state index in [4.69, 9.17) is 0 Å². The third-order valence-electron chi connectivity index (χ3n) is 3.11. The highest BCUT2D eigenvalue weighted by Crippen LogP contribution is 2.29. The molecule has 0 amide bonds. The highest BCUT2D eigenvalue weighted by molar-refractivity contribution is 14.1. The van der Waals surface area contributed by atoms with Crippen molar-refractivity contribution in [3.05, 3.63) is 60.9 Å². The van der Waals surface area contributed by atoms with Crippen molar-refractivity contribution in [3.8, 4) is 5.75 Å². The van der Waals surface area contributed by atoms with Crippen LogP contribution in [-0.2, 0) is 0 Å². The highest BCUT2D eigenvalue weighted by atomic mass is 127. The van der Waals surface area contributed by atoms with Crippen molar-refractivity contribution in [3.63, 3.8) is 0 Å². The van der Waals surface area contributed by atoms with Crippen molar-refractivity contribution >= 4 is 61.9 Å². The number of aromatic amines is 1. The molecule has 2 N–H and O–H groups in total. The number of ketones is 1. The lowest BCUT2D eigenvalue weighted by Crippen LogP contribution is -2.01. The summed E-state index contributed by atoms with van der Waals surface area (Å²) in [7, 11) is 0. The minimum Gasteiger partial charge on any atom is -0.506 e. The first-order valence-electron chi connectivity index (χ1n) is 5.87. The lowest BCUT2D eigenvalue weighted by molar-refractivity contribution is 0.104. The maximum absolute atomic E-state index is 12.6. The Bertz CT molecular complexity index is 801. The second kappa shape index (κ2) is 5.36. The number of halogens is 2. The summed E-state index contributed by atoms with van der Waals surface area (Å²) < 4.78 is 1.36. The van der Waals surface area contributed by atoms with E-state index in [1.807, 2.05) is 69.4 Å². The summed E-state index contributed by atoms with van der Waals surface area (Å²) in [6.45, 7) is 0. The predicted octanol–water partition coefficient (Wildman–Crippen LogP) is 4.31. The van der Waals surface area contributed by atoms with Gasteiger partial charge in [0.05, 0.1) is 7.14 Å². The first kappa shape index (κ1) is 13.9. The van der Waals surface area contributed by atoms with Gasteiger partial charge in [0, 0.05) is 28.2 Å². The number of benzene rings is 2. The summed E-state index contributed by atoms with van der Waals surface area (Å²) in [5.74, 6) is 0.181. The Morgan fingerprint density at radius 1 is 1.10 bits per heavy atom. The summed E-state index contributed by atoms with van der Waals surface area (Å²) in [5, 5.41) is 10.7. The predicted molar refractivity (Wildman–Crippen MR) is 95.3 cm³/mol. The summed E-state index contributed by atoms with van der Waals surface area (Å²) in [5.41, 5.74) is 2.18. The van der Waals surface area contributed by atoms with Crippen LogP contribution in [0.15, 0.2) is 42.6 Å². The summed E-state index contributed by atoms with van der Waals surface area (Å²) >= 11 is 4.06. The molecule has 0 aliphatic rings. The first-order chi connectivity index (χ1) is 9.58. The molecular weight excluding hydrogens is 480 g/mol. The Kier molecular flexibility index (Phi) is 3.72. The Morgan fingerprint density at radius 3 is 2.45 bits per heavy atom. The van der Waals surface area contributed by atoms with Crippen LogP contribution in [-0.4, -0.2) is 15.9 Å². The number of hydrogen-bond donors (Lipinski definition) is 2. The topological polar surface area (TPSA) is 53.1 Å². The number of para-hydroxylation sites is 1. The van der Waals surface area contributed by atoms with E-state index < -0.39 is 0 Å². The molecular formula is C15H9I2NO2. The quantitative estimate of drug-likeness (QED) is 0.417. The van der Waals surface area contributed by atoms with E-state index in [9.17, 15) is 9.90 Å². The normalized spacial score (nSPS) is 10.9. The first-order valence-corrected chi connectivity index (χ1v) is 8.02. The van der Waals surface area contributed by atoms with Crippen molar-refractivity contribution in [1.29, 1.82) is 0 Å². The van der Waals surface area contributed by atoms with Crippen LogP contribution >= 0.6 is 45.2 Å². The monoisotopic (exact) mass is 489 g/mol. The van der Waals surface area contributed by atoms with Gasteiger partial charge in [0.25, 0.3) is 0 Å². The Labute approximate surface area is 142 Å². The van der Waals surface area contributed by atoms with Gasteiger partial charge in [-0.3, -0.25) is 4.79 Å². The van der Waals surface area contributed by atoms with Gasteiger partial charge in [-0.15, -0.1) is 0 Å². The van der Waals surface area contributed by atoms with Gasteiger partial charge in [0.2, 0.25) is 0 Å². The molecule has 1 aromatic heterocycles. The van der Waals surface area contributed by atoms with Gasteiger partial charge in [-0.05, 0) is 63.4 Å². The van der Waals surface area contributed by atoms with E-state index in [1.54, 1.807) is 18.3 Å². The number of rotatable bonds is 2. The molecule has 0 unspecified atom stereocenters. The Morgan fingerprint density at radius 2 is 1.75 bits per heavy atom. The third-order valence-corrected chi connectivity index (χ3v) is 4.76. The zero-order chi connectivity index (χ0) is 14.3. The summed E-state index contributed by atoms with van der Waals surface area (Å²) in [4.78, 5) is 15.7. The highest BCUT2D eigenvalue weighted by Gasteiger charge is 2.16. The maximum atomic E-state index is 12.6. The lowest BCUT2D eigenvalue weighted by Gasteiger charge is -2.05. The second-order valence-corrected chi connectivity index (χ2v) is 6.69. The number of fused-ring (bicyclic) bond motifs is 1. The van der Waals surface area contributed by atoms with Gasteiger partial charge in [-0.1, -0.05) is 18.2 Å². The molecule has 0 fully saturated rings. The number of phenols is 1. The fourth-order valence-corrected chi connectivity index (χ4v) is 3.88. The molecule has 0 radical (unpaired) electrons. The van der Waals surface area contributed by atoms with Crippen LogP contribution in [0.3, 0.4) is 0 Å². The molecule has 20 heavy (non-hydrogen) atoms. The van der Waals surface area contributed by atoms with E-state index in [1.165, 1.54) is 0 Å². The number of hydrogen-bond acceptors (Lipinski definition) is 2.